The predicted octanol–water partition coefficient (Wildman–Crippen LogP) is 4.16. The molecule has 3 aromatic rings. The SMILES string of the molecule is COC(=O)c1cc([N+](=O)[O-])cc2c1-c1c(cc([N+](=O)[O-])cc1[N+](=O)[O-])/C2=C\c1ccccn1. The maximum absolute atomic E-state index is 12.5. The van der Waals surface area contributed by atoms with E-state index in [2.05, 4.69) is 4.98 Å². The summed E-state index contributed by atoms with van der Waals surface area (Å²) in [5, 5.41) is 34.9. The van der Waals surface area contributed by atoms with Crippen LogP contribution in [0.25, 0.3) is 22.8 Å². The van der Waals surface area contributed by atoms with Gasteiger partial charge in [-0.2, -0.15) is 0 Å². The van der Waals surface area contributed by atoms with Gasteiger partial charge >= 0.3 is 5.97 Å². The van der Waals surface area contributed by atoms with E-state index in [1.807, 2.05) is 0 Å². The molecule has 33 heavy (non-hydrogen) atoms. The van der Waals surface area contributed by atoms with Crippen LogP contribution in [-0.2, 0) is 4.74 Å². The number of carbonyl (C=O) groups excluding carboxylic acids is 1. The van der Waals surface area contributed by atoms with Gasteiger partial charge in [-0.05, 0) is 29.3 Å². The third-order valence-electron chi connectivity index (χ3n) is 5.06. The van der Waals surface area contributed by atoms with E-state index in [-0.39, 0.29) is 33.4 Å². The van der Waals surface area contributed by atoms with Crippen molar-refractivity contribution in [2.45, 2.75) is 0 Å². The van der Waals surface area contributed by atoms with Crippen molar-refractivity contribution in [3.05, 3.63) is 101 Å². The van der Waals surface area contributed by atoms with Crippen molar-refractivity contribution >= 4 is 34.7 Å². The van der Waals surface area contributed by atoms with Crippen LogP contribution in [0.15, 0.2) is 48.7 Å². The zero-order valence-corrected chi connectivity index (χ0v) is 16.8. The van der Waals surface area contributed by atoms with Crippen LogP contribution in [0.1, 0.15) is 27.2 Å². The molecule has 0 bridgehead atoms. The number of nitro benzene ring substituents is 3. The maximum atomic E-state index is 12.5. The molecule has 1 heterocycles. The van der Waals surface area contributed by atoms with Gasteiger partial charge in [-0.1, -0.05) is 6.07 Å². The van der Waals surface area contributed by atoms with Crippen LogP contribution in [0.2, 0.25) is 0 Å². The lowest BCUT2D eigenvalue weighted by molar-refractivity contribution is -0.393. The summed E-state index contributed by atoms with van der Waals surface area (Å²) in [7, 11) is 1.07. The van der Waals surface area contributed by atoms with E-state index in [1.54, 1.807) is 18.2 Å². The molecular formula is C21H12N4O8. The Balaban J connectivity index is 2.19. The molecule has 0 saturated carbocycles. The minimum absolute atomic E-state index is 0.0197. The second-order valence-electron chi connectivity index (χ2n) is 6.88. The van der Waals surface area contributed by atoms with Gasteiger partial charge in [-0.3, -0.25) is 35.3 Å². The Bertz CT molecular complexity index is 1400. The van der Waals surface area contributed by atoms with Crippen LogP contribution in [0.5, 0.6) is 0 Å². The Hall–Kier alpha value is -5.00. The van der Waals surface area contributed by atoms with Crippen LogP contribution < -0.4 is 0 Å². The van der Waals surface area contributed by atoms with Crippen molar-refractivity contribution < 1.29 is 24.3 Å². The minimum Gasteiger partial charge on any atom is -0.465 e. The van der Waals surface area contributed by atoms with E-state index in [0.717, 1.165) is 31.4 Å². The van der Waals surface area contributed by atoms with Gasteiger partial charge in [0.25, 0.3) is 17.1 Å². The average Bonchev–Trinajstić information content (AvgIpc) is 3.11. The van der Waals surface area contributed by atoms with Gasteiger partial charge in [0, 0.05) is 35.5 Å². The van der Waals surface area contributed by atoms with E-state index in [9.17, 15) is 35.1 Å². The Labute approximate surface area is 184 Å². The largest absolute Gasteiger partial charge is 0.465 e. The van der Waals surface area contributed by atoms with Crippen molar-refractivity contribution in [3.8, 4) is 11.1 Å². The number of methoxy groups -OCH3 is 1. The Morgan fingerprint density at radius 1 is 0.909 bits per heavy atom. The van der Waals surface area contributed by atoms with Crippen molar-refractivity contribution in [2.75, 3.05) is 7.11 Å². The van der Waals surface area contributed by atoms with Gasteiger partial charge in [0.2, 0.25) is 0 Å². The lowest BCUT2D eigenvalue weighted by Crippen LogP contribution is -2.06. The van der Waals surface area contributed by atoms with E-state index in [0.29, 0.717) is 5.69 Å². The van der Waals surface area contributed by atoms with Crippen molar-refractivity contribution in [1.82, 2.24) is 4.98 Å². The molecule has 0 fully saturated rings. The molecule has 1 aliphatic rings. The van der Waals surface area contributed by atoms with Gasteiger partial charge in [-0.25, -0.2) is 4.79 Å². The second kappa shape index (κ2) is 7.92. The maximum Gasteiger partial charge on any atom is 0.338 e. The highest BCUT2D eigenvalue weighted by Gasteiger charge is 2.38. The first-order valence-electron chi connectivity index (χ1n) is 9.24. The second-order valence-corrected chi connectivity index (χ2v) is 6.88. The normalized spacial score (nSPS) is 12.7. The standard InChI is InChI=1S/C21H12N4O8/c1-33-21(26)17-9-12(23(27)28)7-15-14(6-11-4-2-3-5-22-11)16-8-13(24(29)30)10-18(25(31)32)20(16)19(15)17/h2-10H,1H3/b14-6-. The Morgan fingerprint density at radius 2 is 1.55 bits per heavy atom. The molecule has 4 rings (SSSR count). The lowest BCUT2D eigenvalue weighted by Gasteiger charge is -2.08. The van der Waals surface area contributed by atoms with Gasteiger partial charge in [0.15, 0.2) is 0 Å². The summed E-state index contributed by atoms with van der Waals surface area (Å²) in [6.07, 6.45) is 2.98. The fourth-order valence-corrected chi connectivity index (χ4v) is 3.73. The number of ether oxygens (including phenoxy) is 1. The number of rotatable bonds is 5. The first-order valence-corrected chi connectivity index (χ1v) is 9.24. The molecule has 0 radical (unpaired) electrons. The van der Waals surface area contributed by atoms with Gasteiger partial charge in [0.05, 0.1) is 44.8 Å². The fraction of sp³-hybridized carbons (Fsp3) is 0.0476. The first-order chi connectivity index (χ1) is 15.7. The summed E-state index contributed by atoms with van der Waals surface area (Å²) in [6, 6.07) is 9.00. The first kappa shape index (κ1) is 21.2. The molecule has 164 valence electrons. The molecule has 1 aromatic heterocycles. The summed E-state index contributed by atoms with van der Waals surface area (Å²) < 4.78 is 4.76. The zero-order valence-electron chi connectivity index (χ0n) is 16.8. The molecule has 0 N–H and O–H groups in total. The van der Waals surface area contributed by atoms with Crippen LogP contribution in [0.4, 0.5) is 17.1 Å². The van der Waals surface area contributed by atoms with E-state index < -0.39 is 37.8 Å². The fourth-order valence-electron chi connectivity index (χ4n) is 3.73. The van der Waals surface area contributed by atoms with Gasteiger partial charge in [0.1, 0.15) is 0 Å². The van der Waals surface area contributed by atoms with Crippen LogP contribution >= 0.6 is 0 Å². The number of nitrogens with zero attached hydrogens (tertiary/aromatic N) is 4. The zero-order chi connectivity index (χ0) is 23.9. The third kappa shape index (κ3) is 3.54. The van der Waals surface area contributed by atoms with E-state index in [1.165, 1.54) is 12.3 Å². The topological polar surface area (TPSA) is 169 Å². The highest BCUT2D eigenvalue weighted by Crippen LogP contribution is 2.53. The highest BCUT2D eigenvalue weighted by atomic mass is 16.6. The quantitative estimate of drug-likeness (QED) is 0.247. The molecular weight excluding hydrogens is 436 g/mol. The number of carbonyl (C=O) groups is 1. The van der Waals surface area contributed by atoms with E-state index in [4.69, 9.17) is 4.74 Å². The number of aromatic nitrogens is 1. The summed E-state index contributed by atoms with van der Waals surface area (Å²) in [5.41, 5.74) is -1.15. The lowest BCUT2D eigenvalue weighted by atomic mass is 9.97. The molecule has 0 unspecified atom stereocenters. The monoisotopic (exact) mass is 448 g/mol. The van der Waals surface area contributed by atoms with Crippen LogP contribution in [0.3, 0.4) is 0 Å². The summed E-state index contributed by atoms with van der Waals surface area (Å²) >= 11 is 0. The predicted molar refractivity (Wildman–Crippen MR) is 114 cm³/mol. The summed E-state index contributed by atoms with van der Waals surface area (Å²) in [5.74, 6) is -0.951. The average molecular weight is 448 g/mol. The van der Waals surface area contributed by atoms with Gasteiger partial charge in [-0.15, -0.1) is 0 Å². The van der Waals surface area contributed by atoms with Crippen LogP contribution in [0, 0.1) is 30.3 Å². The molecule has 0 atom stereocenters. The number of hydrogen-bond acceptors (Lipinski definition) is 9. The van der Waals surface area contributed by atoms with Gasteiger partial charge < -0.3 is 4.74 Å². The number of pyridine rings is 1. The number of non-ortho nitro benzene ring substituents is 2. The molecule has 1 aliphatic carbocycles. The highest BCUT2D eigenvalue weighted by molar-refractivity contribution is 6.15. The number of benzene rings is 2. The van der Waals surface area contributed by atoms with Crippen molar-refractivity contribution in [3.63, 3.8) is 0 Å². The molecule has 0 aliphatic heterocycles. The van der Waals surface area contributed by atoms with E-state index >= 15 is 0 Å². The molecule has 0 amide bonds. The molecule has 0 spiro atoms. The molecule has 2 aromatic carbocycles. The number of fused-ring (bicyclic) bond motifs is 3. The molecule has 12 nitrogen and oxygen atoms in total. The summed E-state index contributed by atoms with van der Waals surface area (Å²) in [6.45, 7) is 0. The number of hydrogen-bond donors (Lipinski definition) is 0. The molecule has 0 saturated heterocycles. The Kier molecular flexibility index (Phi) is 5.10. The van der Waals surface area contributed by atoms with Crippen molar-refractivity contribution in [1.29, 1.82) is 0 Å². The minimum atomic E-state index is -0.951. The smallest absolute Gasteiger partial charge is 0.338 e. The number of esters is 1. The van der Waals surface area contributed by atoms with Crippen LogP contribution in [-0.4, -0.2) is 32.8 Å². The third-order valence-corrected chi connectivity index (χ3v) is 5.06. The van der Waals surface area contributed by atoms with Crippen molar-refractivity contribution in [2.24, 2.45) is 0 Å². The summed E-state index contributed by atoms with van der Waals surface area (Å²) in [4.78, 5) is 49.3. The molecule has 12 heteroatoms. The number of nitro groups is 3. The Morgan fingerprint density at radius 3 is 2.09 bits per heavy atom.